The molecule has 0 bridgehead atoms. The van der Waals surface area contributed by atoms with E-state index < -0.39 is 24.4 Å². The van der Waals surface area contributed by atoms with Gasteiger partial charge in [-0.3, -0.25) is 0 Å². The van der Waals surface area contributed by atoms with E-state index in [1.807, 2.05) is 0 Å². The first-order valence-corrected chi connectivity index (χ1v) is 3.28. The Kier molecular flexibility index (Phi) is 2.25. The monoisotopic (exact) mass is 148 g/mol. The number of aliphatic hydroxyl groups excluding tert-OH is 3. The van der Waals surface area contributed by atoms with Crippen molar-refractivity contribution < 1.29 is 20.1 Å². The van der Waals surface area contributed by atoms with Crippen molar-refractivity contribution in [2.24, 2.45) is 0 Å². The summed E-state index contributed by atoms with van der Waals surface area (Å²) in [6.45, 7) is 1.75. The molecule has 0 saturated carbocycles. The zero-order valence-electron chi connectivity index (χ0n) is 5.77. The molecule has 0 spiro atoms. The molecule has 0 aromatic rings. The Hall–Kier alpha value is -0.160. The van der Waals surface area contributed by atoms with Gasteiger partial charge >= 0.3 is 0 Å². The molecule has 1 fully saturated rings. The van der Waals surface area contributed by atoms with E-state index in [1.165, 1.54) is 0 Å². The predicted molar refractivity (Wildman–Crippen MR) is 33.4 cm³/mol. The number of ether oxygens (including phenoxy) is 1. The summed E-state index contributed by atoms with van der Waals surface area (Å²) in [7, 11) is 0. The molecule has 3 N–H and O–H groups in total. The lowest BCUT2D eigenvalue weighted by Gasteiger charge is -2.33. The maximum Gasteiger partial charge on any atom is 0.110 e. The molecule has 60 valence electrons. The molecule has 4 nitrogen and oxygen atoms in total. The highest BCUT2D eigenvalue weighted by Crippen LogP contribution is 2.14. The minimum Gasteiger partial charge on any atom is -0.388 e. The highest BCUT2D eigenvalue weighted by Gasteiger charge is 2.34. The van der Waals surface area contributed by atoms with Crippen molar-refractivity contribution in [3.05, 3.63) is 0 Å². The third kappa shape index (κ3) is 1.29. The molecule has 10 heavy (non-hydrogen) atoms. The lowest BCUT2D eigenvalue weighted by molar-refractivity contribution is -0.181. The van der Waals surface area contributed by atoms with Crippen LogP contribution in [0.4, 0.5) is 0 Å². The molecule has 2 unspecified atom stereocenters. The van der Waals surface area contributed by atoms with E-state index in [-0.39, 0.29) is 6.61 Å². The van der Waals surface area contributed by atoms with Gasteiger partial charge in [0.15, 0.2) is 0 Å². The van der Waals surface area contributed by atoms with Crippen LogP contribution in [0.15, 0.2) is 0 Å². The van der Waals surface area contributed by atoms with Gasteiger partial charge in [0.05, 0.1) is 12.7 Å². The van der Waals surface area contributed by atoms with Crippen LogP contribution in [0.25, 0.3) is 0 Å². The van der Waals surface area contributed by atoms with E-state index in [1.54, 1.807) is 6.92 Å². The largest absolute Gasteiger partial charge is 0.388 e. The normalized spacial score (nSPS) is 49.2. The molecular weight excluding hydrogens is 136 g/mol. The van der Waals surface area contributed by atoms with Crippen molar-refractivity contribution in [2.75, 3.05) is 6.61 Å². The van der Waals surface area contributed by atoms with Gasteiger partial charge in [0.25, 0.3) is 0 Å². The summed E-state index contributed by atoms with van der Waals surface area (Å²) in [5, 5.41) is 27.0. The van der Waals surface area contributed by atoms with Crippen LogP contribution >= 0.6 is 0 Å². The van der Waals surface area contributed by atoms with Gasteiger partial charge in [0, 0.05) is 0 Å². The second-order valence-electron chi connectivity index (χ2n) is 2.59. The molecule has 0 radical (unpaired) electrons. The van der Waals surface area contributed by atoms with Crippen LogP contribution in [0.3, 0.4) is 0 Å². The van der Waals surface area contributed by atoms with Crippen molar-refractivity contribution in [1.82, 2.24) is 0 Å². The Bertz CT molecular complexity index is 102. The van der Waals surface area contributed by atoms with E-state index in [2.05, 4.69) is 0 Å². The third-order valence-corrected chi connectivity index (χ3v) is 1.75. The summed E-state index contributed by atoms with van der Waals surface area (Å²) < 4.78 is 4.91. The molecule has 0 aromatic heterocycles. The van der Waals surface area contributed by atoms with E-state index in [4.69, 9.17) is 20.1 Å². The van der Waals surface area contributed by atoms with Gasteiger partial charge in [-0.25, -0.2) is 0 Å². The molecular formula is C6H12O4. The van der Waals surface area contributed by atoms with Gasteiger partial charge < -0.3 is 20.1 Å². The first-order chi connectivity index (χ1) is 4.63. The maximum absolute atomic E-state index is 9.08. The van der Waals surface area contributed by atoms with Crippen LogP contribution in [0, 0.1) is 0 Å². The summed E-state index contributed by atoms with van der Waals surface area (Å²) in [6.07, 6.45) is -3.38. The Balaban J connectivity index is 2.52. The number of hydrogen-bond donors (Lipinski definition) is 3. The Morgan fingerprint density at radius 2 is 1.80 bits per heavy atom. The average molecular weight is 148 g/mol. The van der Waals surface area contributed by atoms with Crippen LogP contribution in [0.1, 0.15) is 6.92 Å². The minimum absolute atomic E-state index is 0.0966. The lowest BCUT2D eigenvalue weighted by atomic mass is 10.0. The molecule has 0 aliphatic carbocycles. The van der Waals surface area contributed by atoms with E-state index >= 15 is 0 Å². The lowest BCUT2D eigenvalue weighted by Crippen LogP contribution is -2.51. The summed E-state index contributed by atoms with van der Waals surface area (Å²) >= 11 is 0. The van der Waals surface area contributed by atoms with Gasteiger partial charge in [-0.15, -0.1) is 0 Å². The molecule has 1 rings (SSSR count). The first-order valence-electron chi connectivity index (χ1n) is 3.28. The molecule has 1 heterocycles. The maximum atomic E-state index is 9.08. The zero-order chi connectivity index (χ0) is 7.72. The number of aliphatic hydroxyl groups is 3. The number of rotatable bonds is 0. The second kappa shape index (κ2) is 2.84. The fourth-order valence-corrected chi connectivity index (χ4v) is 0.953. The van der Waals surface area contributed by atoms with Gasteiger partial charge in [0.2, 0.25) is 0 Å². The molecule has 1 aliphatic rings. The van der Waals surface area contributed by atoms with Gasteiger partial charge in [-0.05, 0) is 6.92 Å². The molecule has 0 amide bonds. The molecule has 4 atom stereocenters. The molecule has 0 aromatic carbocycles. The number of hydrogen-bond acceptors (Lipinski definition) is 4. The van der Waals surface area contributed by atoms with Crippen molar-refractivity contribution in [2.45, 2.75) is 31.3 Å². The molecule has 4 heteroatoms. The second-order valence-corrected chi connectivity index (χ2v) is 2.59. The zero-order valence-corrected chi connectivity index (χ0v) is 5.77. The molecule has 1 aliphatic heterocycles. The first kappa shape index (κ1) is 7.94. The van der Waals surface area contributed by atoms with Gasteiger partial charge in [-0.2, -0.15) is 0 Å². The van der Waals surface area contributed by atoms with Crippen LogP contribution < -0.4 is 0 Å². The van der Waals surface area contributed by atoms with Crippen LogP contribution in [0.5, 0.6) is 0 Å². The Morgan fingerprint density at radius 1 is 1.20 bits per heavy atom. The third-order valence-electron chi connectivity index (χ3n) is 1.75. The summed E-state index contributed by atoms with van der Waals surface area (Å²) in [4.78, 5) is 0. The Labute approximate surface area is 59.1 Å². The smallest absolute Gasteiger partial charge is 0.110 e. The van der Waals surface area contributed by atoms with E-state index in [0.29, 0.717) is 0 Å². The van der Waals surface area contributed by atoms with Crippen molar-refractivity contribution in [3.63, 3.8) is 0 Å². The van der Waals surface area contributed by atoms with E-state index in [9.17, 15) is 0 Å². The minimum atomic E-state index is -1.07. The standard InChI is InChI=1S/C6H12O4/c1-3-5(8)6(9)4(7)2-10-3/h3-9H,2H2,1H3/t3-,4+,5?,6?/m0/s1. The van der Waals surface area contributed by atoms with Crippen LogP contribution in [-0.4, -0.2) is 46.3 Å². The Morgan fingerprint density at radius 3 is 2.30 bits per heavy atom. The van der Waals surface area contributed by atoms with Crippen LogP contribution in [-0.2, 0) is 4.74 Å². The fourth-order valence-electron chi connectivity index (χ4n) is 0.953. The van der Waals surface area contributed by atoms with Crippen molar-refractivity contribution in [3.8, 4) is 0 Å². The fraction of sp³-hybridized carbons (Fsp3) is 1.00. The topological polar surface area (TPSA) is 69.9 Å². The highest BCUT2D eigenvalue weighted by atomic mass is 16.5. The van der Waals surface area contributed by atoms with Crippen LogP contribution in [0.2, 0.25) is 0 Å². The summed E-state index contributed by atoms with van der Waals surface area (Å²) in [6, 6.07) is 0. The van der Waals surface area contributed by atoms with Crippen molar-refractivity contribution >= 4 is 0 Å². The molecule has 1 saturated heterocycles. The van der Waals surface area contributed by atoms with Gasteiger partial charge in [-0.1, -0.05) is 0 Å². The SMILES string of the molecule is C[C@@H]1OC[C@@H](O)C(O)C1O. The summed E-state index contributed by atoms with van der Waals surface area (Å²) in [5.74, 6) is 0. The summed E-state index contributed by atoms with van der Waals surface area (Å²) in [5.41, 5.74) is 0. The predicted octanol–water partition coefficient (Wildman–Crippen LogP) is -1.51. The van der Waals surface area contributed by atoms with E-state index in [0.717, 1.165) is 0 Å². The highest BCUT2D eigenvalue weighted by molar-refractivity contribution is 4.83. The average Bonchev–Trinajstić information content (AvgIpc) is 1.93. The van der Waals surface area contributed by atoms with Crippen molar-refractivity contribution in [1.29, 1.82) is 0 Å². The quantitative estimate of drug-likeness (QED) is 0.390. The van der Waals surface area contributed by atoms with Gasteiger partial charge in [0.1, 0.15) is 18.3 Å².